The topological polar surface area (TPSA) is 107 Å². The molecule has 0 saturated heterocycles. The maximum absolute atomic E-state index is 11.2. The molecule has 0 bridgehead atoms. The zero-order valence-corrected chi connectivity index (χ0v) is 10.5. The van der Waals surface area contributed by atoms with Crippen molar-refractivity contribution >= 4 is 22.1 Å². The fourth-order valence-corrected chi connectivity index (χ4v) is 1.83. The van der Waals surface area contributed by atoms with E-state index in [9.17, 15) is 18.0 Å². The van der Waals surface area contributed by atoms with Crippen LogP contribution in [0.25, 0.3) is 0 Å². The first kappa shape index (κ1) is 15.9. The molecule has 0 heterocycles. The maximum atomic E-state index is 11.2. The molecule has 7 nitrogen and oxygen atoms in total. The zero-order chi connectivity index (χ0) is 13.5. The summed E-state index contributed by atoms with van der Waals surface area (Å²) in [6, 6.07) is 0. The number of ether oxygens (including phenoxy) is 2. The molecule has 0 aromatic heterocycles. The molecule has 0 aliphatic carbocycles. The van der Waals surface area contributed by atoms with Crippen molar-refractivity contribution in [1.29, 1.82) is 0 Å². The molecule has 0 amide bonds. The number of hydrogen-bond donors (Lipinski definition) is 1. The van der Waals surface area contributed by atoms with Gasteiger partial charge in [-0.1, -0.05) is 0 Å². The van der Waals surface area contributed by atoms with Crippen LogP contribution in [0.1, 0.15) is 26.7 Å². The fraction of sp³-hybridized carbons (Fsp3) is 0.778. The molecule has 1 unspecified atom stereocenters. The Morgan fingerprint density at radius 1 is 1.18 bits per heavy atom. The van der Waals surface area contributed by atoms with Crippen molar-refractivity contribution in [3.05, 3.63) is 0 Å². The zero-order valence-electron chi connectivity index (χ0n) is 9.71. The minimum atomic E-state index is -4.58. The van der Waals surface area contributed by atoms with Gasteiger partial charge >= 0.3 is 11.9 Å². The molecule has 1 atom stereocenters. The van der Waals surface area contributed by atoms with Crippen LogP contribution in [-0.4, -0.2) is 43.4 Å². The average molecular weight is 268 g/mol. The lowest BCUT2D eigenvalue weighted by Crippen LogP contribution is -2.32. The summed E-state index contributed by atoms with van der Waals surface area (Å²) in [4.78, 5) is 22.3. The normalized spacial score (nSPS) is 12.9. The van der Waals surface area contributed by atoms with E-state index in [4.69, 9.17) is 4.55 Å². The van der Waals surface area contributed by atoms with Crippen LogP contribution in [-0.2, 0) is 29.2 Å². The van der Waals surface area contributed by atoms with Gasteiger partial charge in [0.1, 0.15) is 0 Å². The Hall–Kier alpha value is -1.15. The van der Waals surface area contributed by atoms with E-state index in [0.717, 1.165) is 0 Å². The minimum absolute atomic E-state index is 0.00966. The summed E-state index contributed by atoms with van der Waals surface area (Å²) in [5.74, 6) is -1.70. The number of rotatable bonds is 7. The van der Waals surface area contributed by atoms with Gasteiger partial charge in [0, 0.05) is 6.42 Å². The molecule has 0 rings (SSSR count). The number of carbonyl (C=O) groups is 2. The van der Waals surface area contributed by atoms with Crippen LogP contribution in [0, 0.1) is 0 Å². The lowest BCUT2D eigenvalue weighted by atomic mass is 10.2. The summed E-state index contributed by atoms with van der Waals surface area (Å²) >= 11 is 0. The van der Waals surface area contributed by atoms with Gasteiger partial charge in [-0.25, -0.2) is 0 Å². The Morgan fingerprint density at radius 3 is 2.12 bits per heavy atom. The van der Waals surface area contributed by atoms with Gasteiger partial charge in [-0.15, -0.1) is 0 Å². The monoisotopic (exact) mass is 268 g/mol. The van der Waals surface area contributed by atoms with Gasteiger partial charge in [0.15, 0.2) is 5.25 Å². The van der Waals surface area contributed by atoms with Crippen LogP contribution < -0.4 is 0 Å². The smallest absolute Gasteiger partial charge is 0.326 e. The Morgan fingerprint density at radius 2 is 1.71 bits per heavy atom. The van der Waals surface area contributed by atoms with Gasteiger partial charge in [0.05, 0.1) is 13.2 Å². The molecular formula is C9H16O7S. The van der Waals surface area contributed by atoms with Gasteiger partial charge in [0.2, 0.25) is 0 Å². The Labute approximate surface area is 99.8 Å². The first-order valence-electron chi connectivity index (χ1n) is 5.11. The Kier molecular flexibility index (Phi) is 6.74. The van der Waals surface area contributed by atoms with E-state index in [1.165, 1.54) is 6.92 Å². The summed E-state index contributed by atoms with van der Waals surface area (Å²) < 4.78 is 39.7. The highest BCUT2D eigenvalue weighted by molar-refractivity contribution is 7.87. The highest BCUT2D eigenvalue weighted by atomic mass is 32.2. The largest absolute Gasteiger partial charge is 0.466 e. The van der Waals surface area contributed by atoms with Gasteiger partial charge in [-0.05, 0) is 20.3 Å². The van der Waals surface area contributed by atoms with E-state index in [2.05, 4.69) is 9.47 Å². The first-order valence-corrected chi connectivity index (χ1v) is 6.61. The van der Waals surface area contributed by atoms with Gasteiger partial charge in [-0.3, -0.25) is 14.1 Å². The number of hydrogen-bond acceptors (Lipinski definition) is 6. The van der Waals surface area contributed by atoms with Crippen molar-refractivity contribution in [1.82, 2.24) is 0 Å². The molecule has 0 radical (unpaired) electrons. The van der Waals surface area contributed by atoms with Crippen LogP contribution in [0.3, 0.4) is 0 Å². The third-order valence-corrected chi connectivity index (χ3v) is 2.97. The molecule has 17 heavy (non-hydrogen) atoms. The third-order valence-electron chi connectivity index (χ3n) is 1.83. The van der Waals surface area contributed by atoms with Crippen molar-refractivity contribution in [3.8, 4) is 0 Å². The van der Waals surface area contributed by atoms with E-state index in [1.807, 2.05) is 0 Å². The molecule has 0 fully saturated rings. The third kappa shape index (κ3) is 6.22. The van der Waals surface area contributed by atoms with Crippen LogP contribution in [0.5, 0.6) is 0 Å². The number of carbonyl (C=O) groups excluding carboxylic acids is 2. The predicted octanol–water partition coefficient (Wildman–Crippen LogP) is 0.149. The molecular weight excluding hydrogens is 252 g/mol. The summed E-state index contributed by atoms with van der Waals surface area (Å²) in [5.41, 5.74) is 0. The molecule has 8 heteroatoms. The Balaban J connectivity index is 4.52. The van der Waals surface area contributed by atoms with Crippen molar-refractivity contribution in [3.63, 3.8) is 0 Å². The molecule has 1 N–H and O–H groups in total. The van der Waals surface area contributed by atoms with E-state index in [1.54, 1.807) is 6.92 Å². The Bertz CT molecular complexity index is 360. The highest BCUT2D eigenvalue weighted by Gasteiger charge is 2.32. The molecule has 0 aromatic carbocycles. The molecule has 0 saturated carbocycles. The molecule has 0 aliphatic heterocycles. The second-order valence-corrected chi connectivity index (χ2v) is 4.70. The van der Waals surface area contributed by atoms with Gasteiger partial charge in [0.25, 0.3) is 10.1 Å². The quantitative estimate of drug-likeness (QED) is 0.517. The fourth-order valence-electron chi connectivity index (χ4n) is 1.11. The molecule has 100 valence electrons. The maximum Gasteiger partial charge on any atom is 0.326 e. The van der Waals surface area contributed by atoms with Crippen molar-refractivity contribution in [2.24, 2.45) is 0 Å². The second kappa shape index (κ2) is 7.23. The standard InChI is InChI=1S/C9H16O7S/c1-3-15-8(10)6-5-7(17(12,13)14)9(11)16-4-2/h7H,3-6H2,1-2H3,(H,12,13,14). The van der Waals surface area contributed by atoms with E-state index in [-0.39, 0.29) is 26.1 Å². The molecule has 0 spiro atoms. The predicted molar refractivity (Wildman–Crippen MR) is 57.8 cm³/mol. The first-order chi connectivity index (χ1) is 7.82. The van der Waals surface area contributed by atoms with Gasteiger partial charge < -0.3 is 9.47 Å². The van der Waals surface area contributed by atoms with E-state index >= 15 is 0 Å². The van der Waals surface area contributed by atoms with Crippen molar-refractivity contribution in [2.75, 3.05) is 13.2 Å². The summed E-state index contributed by atoms with van der Waals surface area (Å²) in [6.45, 7) is 3.26. The van der Waals surface area contributed by atoms with E-state index < -0.39 is 27.3 Å². The minimum Gasteiger partial charge on any atom is -0.466 e. The second-order valence-electron chi connectivity index (χ2n) is 3.10. The molecule has 0 aromatic rings. The summed E-state index contributed by atoms with van der Waals surface area (Å²) in [7, 11) is -4.58. The van der Waals surface area contributed by atoms with Crippen molar-refractivity contribution in [2.45, 2.75) is 31.9 Å². The van der Waals surface area contributed by atoms with Crippen molar-refractivity contribution < 1.29 is 32.0 Å². The highest BCUT2D eigenvalue weighted by Crippen LogP contribution is 2.10. The SMILES string of the molecule is CCOC(=O)CCC(C(=O)OCC)S(=O)(=O)O. The summed E-state index contributed by atoms with van der Waals surface area (Å²) in [5, 5.41) is -1.74. The average Bonchev–Trinajstić information content (AvgIpc) is 2.16. The lowest BCUT2D eigenvalue weighted by Gasteiger charge is -2.11. The lowest BCUT2D eigenvalue weighted by molar-refractivity contribution is -0.144. The van der Waals surface area contributed by atoms with Gasteiger partial charge in [-0.2, -0.15) is 8.42 Å². The van der Waals surface area contributed by atoms with Crippen LogP contribution in [0.15, 0.2) is 0 Å². The van der Waals surface area contributed by atoms with E-state index in [0.29, 0.717) is 0 Å². The van der Waals surface area contributed by atoms with Crippen LogP contribution in [0.2, 0.25) is 0 Å². The van der Waals surface area contributed by atoms with Crippen LogP contribution >= 0.6 is 0 Å². The molecule has 0 aliphatic rings. The summed E-state index contributed by atoms with van der Waals surface area (Å²) in [6.07, 6.45) is -0.645. The number of esters is 2. The van der Waals surface area contributed by atoms with Crippen LogP contribution in [0.4, 0.5) is 0 Å².